The van der Waals surface area contributed by atoms with Crippen molar-refractivity contribution in [2.75, 3.05) is 24.5 Å². The van der Waals surface area contributed by atoms with E-state index < -0.39 is 5.82 Å². The van der Waals surface area contributed by atoms with Crippen LogP contribution in [0.2, 0.25) is 0 Å². The highest BCUT2D eigenvalue weighted by molar-refractivity contribution is 5.80. The second kappa shape index (κ2) is 9.44. The predicted molar refractivity (Wildman–Crippen MR) is 112 cm³/mol. The molecule has 150 valence electrons. The van der Waals surface area contributed by atoms with E-state index in [1.807, 2.05) is 6.92 Å². The molecule has 1 saturated heterocycles. The summed E-state index contributed by atoms with van der Waals surface area (Å²) in [6.45, 7) is 7.42. The molecule has 0 radical (unpaired) electrons. The lowest BCUT2D eigenvalue weighted by atomic mass is 10.1. The van der Waals surface area contributed by atoms with Gasteiger partial charge in [-0.15, -0.1) is 0 Å². The Morgan fingerprint density at radius 2 is 2.00 bits per heavy atom. The number of hydrogen-bond acceptors (Lipinski definition) is 3. The lowest BCUT2D eigenvalue weighted by Crippen LogP contribution is -2.38. The van der Waals surface area contributed by atoms with Gasteiger partial charge >= 0.3 is 0 Å². The third kappa shape index (κ3) is 5.15. The van der Waals surface area contributed by atoms with E-state index in [-0.39, 0.29) is 11.8 Å². The van der Waals surface area contributed by atoms with Crippen molar-refractivity contribution in [2.45, 2.75) is 39.3 Å². The molecule has 2 aromatic carbocycles. The summed E-state index contributed by atoms with van der Waals surface area (Å²) in [6.07, 6.45) is 2.51. The average molecular weight is 384 g/mol. The first-order chi connectivity index (χ1) is 13.6. The predicted octanol–water partition coefficient (Wildman–Crippen LogP) is 3.95. The lowest BCUT2D eigenvalue weighted by Gasteiger charge is -2.22. The zero-order chi connectivity index (χ0) is 19.9. The number of rotatable bonds is 6. The van der Waals surface area contributed by atoms with Crippen molar-refractivity contribution in [3.63, 3.8) is 0 Å². The SMILES string of the molecule is CCNC(=NCc1ccc(O)c(F)c1)NC(C)c1cccc(N2CCCC2)c1. The normalized spacial score (nSPS) is 15.5. The second-order valence-electron chi connectivity index (χ2n) is 7.14. The van der Waals surface area contributed by atoms with Crippen molar-refractivity contribution in [3.05, 3.63) is 59.4 Å². The van der Waals surface area contributed by atoms with Gasteiger partial charge in [0.05, 0.1) is 12.6 Å². The minimum Gasteiger partial charge on any atom is -0.505 e. The molecule has 1 unspecified atom stereocenters. The molecule has 1 fully saturated rings. The van der Waals surface area contributed by atoms with Crippen LogP contribution in [0.4, 0.5) is 10.1 Å². The number of phenolic OH excluding ortho intramolecular Hbond substituents is 1. The Bertz CT molecular complexity index is 818. The number of aromatic hydroxyl groups is 1. The van der Waals surface area contributed by atoms with Gasteiger partial charge in [-0.25, -0.2) is 9.38 Å². The molecular formula is C22H29FN4O. The van der Waals surface area contributed by atoms with Gasteiger partial charge in [0.15, 0.2) is 17.5 Å². The van der Waals surface area contributed by atoms with Gasteiger partial charge in [0, 0.05) is 25.3 Å². The Hall–Kier alpha value is -2.76. The molecule has 1 atom stereocenters. The standard InChI is InChI=1S/C22H29FN4O/c1-3-24-22(25-15-17-9-10-21(28)20(23)13-17)26-16(2)18-7-6-8-19(14-18)27-11-4-5-12-27/h6-10,13-14,16,28H,3-5,11-12,15H2,1-2H3,(H2,24,25,26). The lowest BCUT2D eigenvalue weighted by molar-refractivity contribution is 0.432. The minimum absolute atomic E-state index is 0.0805. The van der Waals surface area contributed by atoms with Crippen molar-refractivity contribution in [2.24, 2.45) is 4.99 Å². The van der Waals surface area contributed by atoms with Gasteiger partial charge < -0.3 is 20.6 Å². The zero-order valence-electron chi connectivity index (χ0n) is 16.6. The Kier molecular flexibility index (Phi) is 6.74. The van der Waals surface area contributed by atoms with Crippen LogP contribution in [0.5, 0.6) is 5.75 Å². The van der Waals surface area contributed by atoms with Crippen LogP contribution < -0.4 is 15.5 Å². The number of halogens is 1. The van der Waals surface area contributed by atoms with E-state index in [0.717, 1.165) is 19.6 Å². The van der Waals surface area contributed by atoms with Gasteiger partial charge in [0.2, 0.25) is 0 Å². The third-order valence-electron chi connectivity index (χ3n) is 4.97. The molecule has 0 aliphatic carbocycles. The molecule has 6 heteroatoms. The molecule has 28 heavy (non-hydrogen) atoms. The number of nitrogens with zero attached hydrogens (tertiary/aromatic N) is 2. The molecule has 0 bridgehead atoms. The first kappa shape index (κ1) is 20.0. The van der Waals surface area contributed by atoms with E-state index in [4.69, 9.17) is 0 Å². The Balaban J connectivity index is 1.68. The van der Waals surface area contributed by atoms with Gasteiger partial charge in [-0.2, -0.15) is 0 Å². The summed E-state index contributed by atoms with van der Waals surface area (Å²) in [4.78, 5) is 6.98. The summed E-state index contributed by atoms with van der Waals surface area (Å²) < 4.78 is 13.5. The number of aliphatic imine (C=N–C) groups is 1. The number of benzene rings is 2. The molecule has 3 rings (SSSR count). The highest BCUT2D eigenvalue weighted by Crippen LogP contribution is 2.24. The van der Waals surface area contributed by atoms with Gasteiger partial charge in [0.25, 0.3) is 0 Å². The number of phenols is 1. The second-order valence-corrected chi connectivity index (χ2v) is 7.14. The van der Waals surface area contributed by atoms with E-state index >= 15 is 0 Å². The molecule has 3 N–H and O–H groups in total. The van der Waals surface area contributed by atoms with E-state index in [0.29, 0.717) is 18.1 Å². The zero-order valence-corrected chi connectivity index (χ0v) is 16.6. The third-order valence-corrected chi connectivity index (χ3v) is 4.97. The smallest absolute Gasteiger partial charge is 0.192 e. The van der Waals surface area contributed by atoms with E-state index in [9.17, 15) is 9.50 Å². The number of nitrogens with one attached hydrogen (secondary N) is 2. The van der Waals surface area contributed by atoms with Crippen molar-refractivity contribution in [1.82, 2.24) is 10.6 Å². The summed E-state index contributed by atoms with van der Waals surface area (Å²) >= 11 is 0. The maximum Gasteiger partial charge on any atom is 0.192 e. The maximum absolute atomic E-state index is 13.5. The van der Waals surface area contributed by atoms with Crippen LogP contribution >= 0.6 is 0 Å². The Morgan fingerprint density at radius 1 is 1.21 bits per heavy atom. The summed E-state index contributed by atoms with van der Waals surface area (Å²) in [6, 6.07) is 13.0. The number of hydrogen-bond donors (Lipinski definition) is 3. The fourth-order valence-electron chi connectivity index (χ4n) is 3.39. The van der Waals surface area contributed by atoms with E-state index in [2.05, 4.69) is 51.7 Å². The first-order valence-electron chi connectivity index (χ1n) is 9.94. The monoisotopic (exact) mass is 384 g/mol. The highest BCUT2D eigenvalue weighted by Gasteiger charge is 2.14. The van der Waals surface area contributed by atoms with Crippen LogP contribution in [-0.2, 0) is 6.54 Å². The van der Waals surface area contributed by atoms with Crippen molar-refractivity contribution < 1.29 is 9.50 Å². The number of guanidine groups is 1. The summed E-state index contributed by atoms with van der Waals surface area (Å²) in [7, 11) is 0. The fraction of sp³-hybridized carbons (Fsp3) is 0.409. The molecule has 1 aliphatic rings. The molecule has 0 spiro atoms. The summed E-state index contributed by atoms with van der Waals surface area (Å²) in [5, 5.41) is 16.0. The van der Waals surface area contributed by atoms with Crippen LogP contribution in [0.1, 0.15) is 43.9 Å². The fourth-order valence-corrected chi connectivity index (χ4v) is 3.39. The van der Waals surface area contributed by atoms with Gasteiger partial charge in [-0.1, -0.05) is 18.2 Å². The maximum atomic E-state index is 13.5. The van der Waals surface area contributed by atoms with E-state index in [1.54, 1.807) is 6.07 Å². The largest absolute Gasteiger partial charge is 0.505 e. The van der Waals surface area contributed by atoms with Crippen LogP contribution in [0.15, 0.2) is 47.5 Å². The summed E-state index contributed by atoms with van der Waals surface area (Å²) in [5.41, 5.74) is 3.17. The highest BCUT2D eigenvalue weighted by atomic mass is 19.1. The minimum atomic E-state index is -0.627. The van der Waals surface area contributed by atoms with Gasteiger partial charge in [-0.05, 0) is 62.1 Å². The molecule has 0 aromatic heterocycles. The molecule has 1 aliphatic heterocycles. The summed E-state index contributed by atoms with van der Waals surface area (Å²) in [5.74, 6) is -0.294. The van der Waals surface area contributed by atoms with Gasteiger partial charge in [-0.3, -0.25) is 0 Å². The van der Waals surface area contributed by atoms with Crippen molar-refractivity contribution in [1.29, 1.82) is 0 Å². The van der Waals surface area contributed by atoms with Crippen LogP contribution in [-0.4, -0.2) is 30.7 Å². The van der Waals surface area contributed by atoms with Crippen LogP contribution in [0.3, 0.4) is 0 Å². The molecule has 1 heterocycles. The van der Waals surface area contributed by atoms with Crippen LogP contribution in [0, 0.1) is 5.82 Å². The van der Waals surface area contributed by atoms with Gasteiger partial charge in [0.1, 0.15) is 0 Å². The molecule has 5 nitrogen and oxygen atoms in total. The topological polar surface area (TPSA) is 59.9 Å². The Morgan fingerprint density at radius 3 is 2.71 bits per heavy atom. The van der Waals surface area contributed by atoms with Crippen LogP contribution in [0.25, 0.3) is 0 Å². The molecule has 0 saturated carbocycles. The van der Waals surface area contributed by atoms with Crippen molar-refractivity contribution >= 4 is 11.6 Å². The molecule has 0 amide bonds. The average Bonchev–Trinajstić information content (AvgIpc) is 3.24. The molecule has 2 aromatic rings. The molecular weight excluding hydrogens is 355 g/mol. The quantitative estimate of drug-likeness (QED) is 0.521. The number of anilines is 1. The van der Waals surface area contributed by atoms with E-state index in [1.165, 1.54) is 36.2 Å². The van der Waals surface area contributed by atoms with Crippen molar-refractivity contribution in [3.8, 4) is 5.75 Å². The Labute approximate surface area is 166 Å². The first-order valence-corrected chi connectivity index (χ1v) is 9.94.